The standard InChI is InChI=1S/C17H18N2O5S2/c18-26(21,22)23-10-9-19-16(20)12-25-17(19)13-5-4-8-15(11-13)24-14-6-2-1-3-7-14/h1-8,11,17H,9-10,12H2,(H2,18,21,22). The van der Waals surface area contributed by atoms with Gasteiger partial charge in [-0.3, -0.25) is 8.98 Å². The van der Waals surface area contributed by atoms with Gasteiger partial charge in [0.2, 0.25) is 5.91 Å². The number of ether oxygens (including phenoxy) is 1. The lowest BCUT2D eigenvalue weighted by Crippen LogP contribution is -2.32. The maximum Gasteiger partial charge on any atom is 0.333 e. The first-order valence-electron chi connectivity index (χ1n) is 7.83. The van der Waals surface area contributed by atoms with E-state index in [1.54, 1.807) is 4.90 Å². The third-order valence-electron chi connectivity index (χ3n) is 3.67. The number of nitrogens with two attached hydrogens (primary N) is 1. The predicted molar refractivity (Wildman–Crippen MR) is 98.9 cm³/mol. The summed E-state index contributed by atoms with van der Waals surface area (Å²) in [5, 5.41) is 4.59. The summed E-state index contributed by atoms with van der Waals surface area (Å²) in [6, 6.07) is 16.9. The zero-order chi connectivity index (χ0) is 18.6. The number of benzene rings is 2. The van der Waals surface area contributed by atoms with E-state index in [1.165, 1.54) is 11.8 Å². The van der Waals surface area contributed by atoms with Crippen molar-refractivity contribution < 1.29 is 22.1 Å². The van der Waals surface area contributed by atoms with Crippen LogP contribution in [0.25, 0.3) is 0 Å². The first-order valence-corrected chi connectivity index (χ1v) is 10.4. The van der Waals surface area contributed by atoms with Crippen molar-refractivity contribution in [3.05, 3.63) is 60.2 Å². The van der Waals surface area contributed by atoms with Gasteiger partial charge in [-0.05, 0) is 29.8 Å². The van der Waals surface area contributed by atoms with E-state index in [9.17, 15) is 13.2 Å². The number of hydrogen-bond acceptors (Lipinski definition) is 6. The van der Waals surface area contributed by atoms with Gasteiger partial charge in [0.1, 0.15) is 16.9 Å². The molecule has 0 saturated carbocycles. The highest BCUT2D eigenvalue weighted by molar-refractivity contribution is 8.00. The van der Waals surface area contributed by atoms with Crippen molar-refractivity contribution in [1.29, 1.82) is 0 Å². The molecule has 3 rings (SSSR count). The lowest BCUT2D eigenvalue weighted by atomic mass is 10.2. The molecule has 0 aromatic heterocycles. The Morgan fingerprint density at radius 2 is 1.85 bits per heavy atom. The van der Waals surface area contributed by atoms with Gasteiger partial charge in [-0.25, -0.2) is 5.14 Å². The van der Waals surface area contributed by atoms with Gasteiger partial charge >= 0.3 is 10.3 Å². The zero-order valence-electron chi connectivity index (χ0n) is 13.8. The van der Waals surface area contributed by atoms with Crippen LogP contribution < -0.4 is 9.88 Å². The molecule has 0 spiro atoms. The molecule has 1 amide bonds. The molecule has 0 radical (unpaired) electrons. The molecule has 1 saturated heterocycles. The summed E-state index contributed by atoms with van der Waals surface area (Å²) in [4.78, 5) is 13.7. The van der Waals surface area contributed by atoms with Crippen LogP contribution in [0.5, 0.6) is 11.5 Å². The Labute approximate surface area is 156 Å². The van der Waals surface area contributed by atoms with Crippen LogP contribution >= 0.6 is 11.8 Å². The number of para-hydroxylation sites is 1. The maximum absolute atomic E-state index is 12.1. The van der Waals surface area contributed by atoms with Crippen LogP contribution in [0.15, 0.2) is 54.6 Å². The van der Waals surface area contributed by atoms with E-state index in [2.05, 4.69) is 4.18 Å². The molecule has 0 aliphatic carbocycles. The molecule has 1 fully saturated rings. The van der Waals surface area contributed by atoms with Gasteiger partial charge < -0.3 is 9.64 Å². The van der Waals surface area contributed by atoms with Crippen LogP contribution in [0.1, 0.15) is 10.9 Å². The molecule has 2 aromatic carbocycles. The van der Waals surface area contributed by atoms with Crippen LogP contribution in [0, 0.1) is 0 Å². The topological polar surface area (TPSA) is 98.9 Å². The number of carbonyl (C=O) groups is 1. The summed E-state index contributed by atoms with van der Waals surface area (Å²) < 4.78 is 32.2. The van der Waals surface area contributed by atoms with E-state index in [4.69, 9.17) is 9.88 Å². The van der Waals surface area contributed by atoms with Crippen LogP contribution in [-0.2, 0) is 19.3 Å². The van der Waals surface area contributed by atoms with E-state index in [0.717, 1.165) is 11.3 Å². The number of hydrogen-bond donors (Lipinski definition) is 1. The molecule has 7 nitrogen and oxygen atoms in total. The average molecular weight is 394 g/mol. The Bertz CT molecular complexity index is 874. The van der Waals surface area contributed by atoms with Gasteiger partial charge in [0.05, 0.1) is 12.4 Å². The van der Waals surface area contributed by atoms with Gasteiger partial charge in [0.25, 0.3) is 0 Å². The molecule has 1 aliphatic heterocycles. The van der Waals surface area contributed by atoms with Crippen LogP contribution in [-0.4, -0.2) is 38.1 Å². The van der Waals surface area contributed by atoms with Crippen LogP contribution in [0.3, 0.4) is 0 Å². The monoisotopic (exact) mass is 394 g/mol. The van der Waals surface area contributed by atoms with Gasteiger partial charge in [-0.1, -0.05) is 30.3 Å². The van der Waals surface area contributed by atoms with Crippen molar-refractivity contribution in [2.75, 3.05) is 18.9 Å². The molecule has 26 heavy (non-hydrogen) atoms. The Hall–Kier alpha value is -2.07. The first kappa shape index (κ1) is 18.7. The highest BCUT2D eigenvalue weighted by Gasteiger charge is 2.32. The van der Waals surface area contributed by atoms with Gasteiger partial charge in [-0.2, -0.15) is 8.42 Å². The van der Waals surface area contributed by atoms with E-state index in [1.807, 2.05) is 54.6 Å². The van der Waals surface area contributed by atoms with Crippen LogP contribution in [0.4, 0.5) is 0 Å². The zero-order valence-corrected chi connectivity index (χ0v) is 15.4. The summed E-state index contributed by atoms with van der Waals surface area (Å²) in [6.07, 6.45) is 0. The molecule has 1 aliphatic rings. The van der Waals surface area contributed by atoms with Crippen molar-refractivity contribution in [2.24, 2.45) is 5.14 Å². The second-order valence-electron chi connectivity index (χ2n) is 5.55. The summed E-state index contributed by atoms with van der Waals surface area (Å²) >= 11 is 1.47. The van der Waals surface area contributed by atoms with Crippen LogP contribution in [0.2, 0.25) is 0 Å². The lowest BCUT2D eigenvalue weighted by Gasteiger charge is -2.24. The van der Waals surface area contributed by atoms with Crippen molar-refractivity contribution in [3.63, 3.8) is 0 Å². The Morgan fingerprint density at radius 1 is 1.12 bits per heavy atom. The average Bonchev–Trinajstić information content (AvgIpc) is 2.96. The third-order valence-corrected chi connectivity index (χ3v) is 5.42. The summed E-state index contributed by atoms with van der Waals surface area (Å²) in [5.74, 6) is 1.63. The first-order chi connectivity index (χ1) is 12.4. The van der Waals surface area contributed by atoms with E-state index < -0.39 is 10.3 Å². The molecular weight excluding hydrogens is 376 g/mol. The molecule has 2 aromatic rings. The fraction of sp³-hybridized carbons (Fsp3) is 0.235. The van der Waals surface area contributed by atoms with Crippen molar-refractivity contribution in [2.45, 2.75) is 5.37 Å². The Morgan fingerprint density at radius 3 is 2.58 bits per heavy atom. The molecule has 2 N–H and O–H groups in total. The predicted octanol–water partition coefficient (Wildman–Crippen LogP) is 2.27. The number of amides is 1. The maximum atomic E-state index is 12.1. The van der Waals surface area contributed by atoms with Crippen molar-refractivity contribution in [1.82, 2.24) is 4.90 Å². The van der Waals surface area contributed by atoms with E-state index >= 15 is 0 Å². The number of nitrogens with zero attached hydrogens (tertiary/aromatic N) is 1. The van der Waals surface area contributed by atoms with Gasteiger partial charge in [0.15, 0.2) is 0 Å². The summed E-state index contributed by atoms with van der Waals surface area (Å²) in [5.41, 5.74) is 0.893. The second kappa shape index (κ2) is 8.09. The summed E-state index contributed by atoms with van der Waals surface area (Å²) in [7, 11) is -4.02. The fourth-order valence-electron chi connectivity index (χ4n) is 2.58. The summed E-state index contributed by atoms with van der Waals surface area (Å²) in [6.45, 7) is -0.0431. The third kappa shape index (κ3) is 4.98. The highest BCUT2D eigenvalue weighted by atomic mass is 32.2. The number of thioether (sulfide) groups is 1. The second-order valence-corrected chi connectivity index (χ2v) is 7.84. The van der Waals surface area contributed by atoms with Gasteiger partial charge in [0, 0.05) is 6.54 Å². The van der Waals surface area contributed by atoms with Gasteiger partial charge in [-0.15, -0.1) is 11.8 Å². The quantitative estimate of drug-likeness (QED) is 0.773. The molecule has 1 heterocycles. The minimum atomic E-state index is -4.02. The van der Waals surface area contributed by atoms with E-state index in [0.29, 0.717) is 11.5 Å². The minimum Gasteiger partial charge on any atom is -0.457 e. The highest BCUT2D eigenvalue weighted by Crippen LogP contribution is 2.39. The smallest absolute Gasteiger partial charge is 0.333 e. The normalized spacial score (nSPS) is 17.5. The molecule has 9 heteroatoms. The fourth-order valence-corrected chi connectivity index (χ4v) is 4.10. The molecule has 1 unspecified atom stereocenters. The molecule has 0 bridgehead atoms. The largest absolute Gasteiger partial charge is 0.457 e. The molecule has 138 valence electrons. The molecular formula is C17H18N2O5S2. The van der Waals surface area contributed by atoms with E-state index in [-0.39, 0.29) is 24.4 Å². The van der Waals surface area contributed by atoms with Crippen molar-refractivity contribution >= 4 is 28.0 Å². The number of carbonyl (C=O) groups excluding carboxylic acids is 1. The lowest BCUT2D eigenvalue weighted by molar-refractivity contribution is -0.128. The molecule has 1 atom stereocenters. The Kier molecular flexibility index (Phi) is 5.82. The van der Waals surface area contributed by atoms with Crippen molar-refractivity contribution in [3.8, 4) is 11.5 Å². The SMILES string of the molecule is NS(=O)(=O)OCCN1C(=O)CSC1c1cccc(Oc2ccccc2)c1. The number of rotatable bonds is 7. The minimum absolute atomic E-state index is 0.0765. The Balaban J connectivity index is 1.72.